The maximum atomic E-state index is 13.1. The minimum Gasteiger partial charge on any atom is -0.324 e. The van der Waals surface area contributed by atoms with E-state index >= 15 is 0 Å². The van der Waals surface area contributed by atoms with E-state index in [0.717, 1.165) is 22.4 Å². The Morgan fingerprint density at radius 2 is 2.14 bits per heavy atom. The minimum absolute atomic E-state index is 0.0190. The zero-order valence-electron chi connectivity index (χ0n) is 7.84. The molecule has 1 fully saturated rings. The highest BCUT2D eigenvalue weighted by atomic mass is 79.9. The van der Waals surface area contributed by atoms with Crippen molar-refractivity contribution in [2.75, 3.05) is 0 Å². The van der Waals surface area contributed by atoms with Gasteiger partial charge in [0.2, 0.25) is 0 Å². The normalized spacial score (nSPS) is 18.2. The first-order valence-corrected chi connectivity index (χ1v) is 5.66. The molecule has 1 atom stereocenters. The first-order valence-electron chi connectivity index (χ1n) is 4.87. The molecule has 0 unspecified atom stereocenters. The molecule has 1 aliphatic carbocycles. The maximum Gasteiger partial charge on any atom is 0.124 e. The number of halogens is 2. The highest BCUT2D eigenvalue weighted by Gasteiger charge is 2.24. The molecule has 0 radical (unpaired) electrons. The van der Waals surface area contributed by atoms with Gasteiger partial charge in [0.1, 0.15) is 5.82 Å². The third-order valence-electron chi connectivity index (χ3n) is 2.60. The van der Waals surface area contributed by atoms with Crippen LogP contribution >= 0.6 is 15.9 Å². The van der Waals surface area contributed by atoms with Crippen molar-refractivity contribution in [2.24, 2.45) is 11.7 Å². The second-order valence-corrected chi connectivity index (χ2v) is 4.90. The lowest BCUT2D eigenvalue weighted by Gasteiger charge is -2.11. The molecular formula is C11H13BrFN. The fourth-order valence-corrected chi connectivity index (χ4v) is 2.12. The molecular weight excluding hydrogens is 245 g/mol. The lowest BCUT2D eigenvalue weighted by atomic mass is 10.0. The van der Waals surface area contributed by atoms with Gasteiger partial charge < -0.3 is 5.73 Å². The van der Waals surface area contributed by atoms with Crippen LogP contribution in [0.4, 0.5) is 4.39 Å². The first-order chi connectivity index (χ1) is 6.65. The Labute approximate surface area is 91.6 Å². The van der Waals surface area contributed by atoms with E-state index in [1.165, 1.54) is 25.0 Å². The molecule has 0 bridgehead atoms. The van der Waals surface area contributed by atoms with Crippen molar-refractivity contribution in [3.63, 3.8) is 0 Å². The van der Waals surface area contributed by atoms with E-state index in [-0.39, 0.29) is 11.9 Å². The van der Waals surface area contributed by atoms with E-state index in [1.807, 2.05) is 6.07 Å². The third-order valence-corrected chi connectivity index (χ3v) is 3.06. The van der Waals surface area contributed by atoms with Gasteiger partial charge in [-0.15, -0.1) is 0 Å². The molecule has 0 aliphatic heterocycles. The summed E-state index contributed by atoms with van der Waals surface area (Å²) in [7, 11) is 0. The monoisotopic (exact) mass is 257 g/mol. The van der Waals surface area contributed by atoms with E-state index < -0.39 is 0 Å². The summed E-state index contributed by atoms with van der Waals surface area (Å²) >= 11 is 3.27. The van der Waals surface area contributed by atoms with Crippen molar-refractivity contribution in [1.29, 1.82) is 0 Å². The Balaban J connectivity index is 2.12. The van der Waals surface area contributed by atoms with E-state index in [4.69, 9.17) is 5.73 Å². The summed E-state index contributed by atoms with van der Waals surface area (Å²) in [5.74, 6) is 0.549. The molecule has 3 heteroatoms. The predicted octanol–water partition coefficient (Wildman–Crippen LogP) is 3.39. The molecule has 2 rings (SSSR count). The van der Waals surface area contributed by atoms with Gasteiger partial charge in [0.25, 0.3) is 0 Å². The van der Waals surface area contributed by atoms with Crippen molar-refractivity contribution >= 4 is 15.9 Å². The fraction of sp³-hybridized carbons (Fsp3) is 0.455. The topological polar surface area (TPSA) is 26.0 Å². The lowest BCUT2D eigenvalue weighted by molar-refractivity contribution is 0.582. The number of nitrogens with two attached hydrogens (primary N) is 1. The molecule has 0 spiro atoms. The maximum absolute atomic E-state index is 13.1. The van der Waals surface area contributed by atoms with Crippen LogP contribution in [-0.4, -0.2) is 0 Å². The molecule has 0 amide bonds. The van der Waals surface area contributed by atoms with Crippen LogP contribution in [0, 0.1) is 11.7 Å². The SMILES string of the molecule is N[C@@H](CC1CC1)c1cc(F)cc(Br)c1. The molecule has 1 nitrogen and oxygen atoms in total. The summed E-state index contributed by atoms with van der Waals surface area (Å²) < 4.78 is 13.8. The van der Waals surface area contributed by atoms with E-state index in [1.54, 1.807) is 0 Å². The summed E-state index contributed by atoms with van der Waals surface area (Å²) in [6, 6.07) is 4.86. The van der Waals surface area contributed by atoms with Crippen LogP contribution < -0.4 is 5.73 Å². The van der Waals surface area contributed by atoms with Crippen LogP contribution in [0.5, 0.6) is 0 Å². The Hall–Kier alpha value is -0.410. The third kappa shape index (κ3) is 2.55. The summed E-state index contributed by atoms with van der Waals surface area (Å²) in [5.41, 5.74) is 6.88. The van der Waals surface area contributed by atoms with Gasteiger partial charge in [-0.05, 0) is 36.1 Å². The zero-order valence-corrected chi connectivity index (χ0v) is 9.43. The molecule has 0 aromatic heterocycles. The molecule has 1 aromatic rings. The second-order valence-electron chi connectivity index (χ2n) is 3.99. The van der Waals surface area contributed by atoms with E-state index in [2.05, 4.69) is 15.9 Å². The van der Waals surface area contributed by atoms with Crippen molar-refractivity contribution in [3.8, 4) is 0 Å². The number of benzene rings is 1. The quantitative estimate of drug-likeness (QED) is 0.883. The van der Waals surface area contributed by atoms with Gasteiger partial charge in [-0.25, -0.2) is 4.39 Å². The molecule has 2 N–H and O–H groups in total. The summed E-state index contributed by atoms with van der Waals surface area (Å²) in [6.45, 7) is 0. The van der Waals surface area contributed by atoms with Crippen LogP contribution in [0.3, 0.4) is 0 Å². The van der Waals surface area contributed by atoms with Crippen LogP contribution in [0.2, 0.25) is 0 Å². The molecule has 0 saturated heterocycles. The lowest BCUT2D eigenvalue weighted by Crippen LogP contribution is -2.11. The number of hydrogen-bond donors (Lipinski definition) is 1. The number of hydrogen-bond acceptors (Lipinski definition) is 1. The smallest absolute Gasteiger partial charge is 0.124 e. The Kier molecular flexibility index (Phi) is 2.88. The predicted molar refractivity (Wildman–Crippen MR) is 58.4 cm³/mol. The van der Waals surface area contributed by atoms with Gasteiger partial charge in [-0.2, -0.15) is 0 Å². The van der Waals surface area contributed by atoms with Crippen molar-refractivity contribution in [1.82, 2.24) is 0 Å². The Morgan fingerprint density at radius 3 is 2.71 bits per heavy atom. The van der Waals surface area contributed by atoms with Crippen molar-refractivity contribution < 1.29 is 4.39 Å². The summed E-state index contributed by atoms with van der Waals surface area (Å²) in [6.07, 6.45) is 3.55. The highest BCUT2D eigenvalue weighted by molar-refractivity contribution is 9.10. The van der Waals surface area contributed by atoms with Crippen LogP contribution in [0.15, 0.2) is 22.7 Å². The van der Waals surface area contributed by atoms with Gasteiger partial charge in [0.15, 0.2) is 0 Å². The second kappa shape index (κ2) is 3.99. The summed E-state index contributed by atoms with van der Waals surface area (Å²) in [5, 5.41) is 0. The van der Waals surface area contributed by atoms with Crippen molar-refractivity contribution in [3.05, 3.63) is 34.1 Å². The number of rotatable bonds is 3. The van der Waals surface area contributed by atoms with E-state index in [0.29, 0.717) is 0 Å². The largest absolute Gasteiger partial charge is 0.324 e. The van der Waals surface area contributed by atoms with Gasteiger partial charge in [-0.1, -0.05) is 28.8 Å². The van der Waals surface area contributed by atoms with Crippen LogP contribution in [0.1, 0.15) is 30.9 Å². The van der Waals surface area contributed by atoms with Crippen molar-refractivity contribution in [2.45, 2.75) is 25.3 Å². The molecule has 1 aliphatic rings. The molecule has 1 aromatic carbocycles. The van der Waals surface area contributed by atoms with Gasteiger partial charge in [0.05, 0.1) is 0 Å². The minimum atomic E-state index is -0.222. The molecule has 0 heterocycles. The average molecular weight is 258 g/mol. The molecule has 76 valence electrons. The van der Waals surface area contributed by atoms with Crippen LogP contribution in [0.25, 0.3) is 0 Å². The zero-order chi connectivity index (χ0) is 10.1. The first kappa shape index (κ1) is 10.1. The molecule has 1 saturated carbocycles. The summed E-state index contributed by atoms with van der Waals surface area (Å²) in [4.78, 5) is 0. The fourth-order valence-electron chi connectivity index (χ4n) is 1.64. The standard InChI is InChI=1S/C11H13BrFN/c12-9-4-8(5-10(13)6-9)11(14)3-7-1-2-7/h4-7,11H,1-3,14H2/t11-/m0/s1. The average Bonchev–Trinajstić information content (AvgIpc) is 2.86. The molecule has 14 heavy (non-hydrogen) atoms. The van der Waals surface area contributed by atoms with Gasteiger partial charge in [-0.3, -0.25) is 0 Å². The van der Waals surface area contributed by atoms with Gasteiger partial charge in [0, 0.05) is 10.5 Å². The Morgan fingerprint density at radius 1 is 1.43 bits per heavy atom. The Bertz CT molecular complexity index is 316. The van der Waals surface area contributed by atoms with Gasteiger partial charge >= 0.3 is 0 Å². The van der Waals surface area contributed by atoms with Crippen LogP contribution in [-0.2, 0) is 0 Å². The van der Waals surface area contributed by atoms with E-state index in [9.17, 15) is 4.39 Å². The highest BCUT2D eigenvalue weighted by Crippen LogP contribution is 2.37.